The summed E-state index contributed by atoms with van der Waals surface area (Å²) >= 11 is 0. The van der Waals surface area contributed by atoms with Crippen molar-refractivity contribution in [3.63, 3.8) is 0 Å². The molecule has 154 valence electrons. The number of methoxy groups -OCH3 is 2. The van der Waals surface area contributed by atoms with Gasteiger partial charge in [0.1, 0.15) is 0 Å². The monoisotopic (exact) mass is 499 g/mol. The van der Waals surface area contributed by atoms with Crippen LogP contribution in [-0.2, 0) is 17.9 Å². The number of halogens is 1. The van der Waals surface area contributed by atoms with Gasteiger partial charge in [0.2, 0.25) is 0 Å². The van der Waals surface area contributed by atoms with E-state index in [2.05, 4.69) is 34.7 Å². The van der Waals surface area contributed by atoms with Gasteiger partial charge in [0.25, 0.3) is 0 Å². The van der Waals surface area contributed by atoms with E-state index in [1.54, 1.807) is 21.3 Å². The van der Waals surface area contributed by atoms with Gasteiger partial charge in [-0.1, -0.05) is 31.2 Å². The molecule has 2 rings (SSSR count). The van der Waals surface area contributed by atoms with Crippen molar-refractivity contribution in [2.24, 2.45) is 4.99 Å². The Bertz CT molecular complexity index is 753. The van der Waals surface area contributed by atoms with Crippen molar-refractivity contribution in [3.8, 4) is 11.5 Å². The maximum atomic E-state index is 5.69. The normalized spacial score (nSPS) is 10.8. The number of hydrogen-bond donors (Lipinski definition) is 2. The van der Waals surface area contributed by atoms with E-state index >= 15 is 0 Å². The molecule has 6 nitrogen and oxygen atoms in total. The quantitative estimate of drug-likeness (QED) is 0.231. The summed E-state index contributed by atoms with van der Waals surface area (Å²) in [6.45, 7) is 4.15. The average Bonchev–Trinajstić information content (AvgIpc) is 2.71. The van der Waals surface area contributed by atoms with Gasteiger partial charge in [0.15, 0.2) is 17.5 Å². The Hall–Kier alpha value is -2.00. The molecule has 0 atom stereocenters. The van der Waals surface area contributed by atoms with Crippen LogP contribution in [0.1, 0.15) is 24.5 Å². The molecule has 0 spiro atoms. The molecule has 0 amide bonds. The Morgan fingerprint density at radius 1 is 1.00 bits per heavy atom. The number of hydrogen-bond acceptors (Lipinski definition) is 4. The van der Waals surface area contributed by atoms with E-state index in [9.17, 15) is 0 Å². The van der Waals surface area contributed by atoms with Gasteiger partial charge in [-0.25, -0.2) is 0 Å². The number of ether oxygens (including phenoxy) is 3. The van der Waals surface area contributed by atoms with Crippen LogP contribution in [0.4, 0.5) is 5.69 Å². The molecule has 0 saturated heterocycles. The highest BCUT2D eigenvalue weighted by atomic mass is 127. The molecule has 0 radical (unpaired) electrons. The summed E-state index contributed by atoms with van der Waals surface area (Å²) in [5, 5.41) is 6.61. The number of anilines is 1. The zero-order valence-corrected chi connectivity index (χ0v) is 19.3. The molecule has 0 heterocycles. The van der Waals surface area contributed by atoms with Crippen LogP contribution in [-0.4, -0.2) is 33.8 Å². The standard InChI is InChI=1S/C21H29N3O3.HI/c1-5-12-27-15-17-9-7-6-8-16(17)14-23-21(22-2)24-18-10-11-19(25-3)20(13-18)26-4;/h6-11,13H,5,12,14-15H2,1-4H3,(H2,22,23,24);1H. The van der Waals surface area contributed by atoms with Crippen LogP contribution in [0.25, 0.3) is 0 Å². The zero-order chi connectivity index (χ0) is 19.5. The fourth-order valence-corrected chi connectivity index (χ4v) is 2.61. The summed E-state index contributed by atoms with van der Waals surface area (Å²) in [4.78, 5) is 4.29. The van der Waals surface area contributed by atoms with Gasteiger partial charge < -0.3 is 24.8 Å². The zero-order valence-electron chi connectivity index (χ0n) is 17.0. The SMILES string of the molecule is CCCOCc1ccccc1CNC(=NC)Nc1ccc(OC)c(OC)c1.I. The van der Waals surface area contributed by atoms with E-state index in [1.807, 2.05) is 30.3 Å². The fourth-order valence-electron chi connectivity index (χ4n) is 2.61. The maximum Gasteiger partial charge on any atom is 0.195 e. The van der Waals surface area contributed by atoms with Crippen molar-refractivity contribution in [1.82, 2.24) is 5.32 Å². The number of nitrogens with zero attached hydrogens (tertiary/aromatic N) is 1. The molecule has 2 aromatic rings. The Labute approximate surface area is 184 Å². The summed E-state index contributed by atoms with van der Waals surface area (Å²) in [7, 11) is 4.98. The van der Waals surface area contributed by atoms with Crippen LogP contribution >= 0.6 is 24.0 Å². The summed E-state index contributed by atoms with van der Waals surface area (Å²) in [5.74, 6) is 2.02. The van der Waals surface area contributed by atoms with E-state index in [0.29, 0.717) is 30.6 Å². The largest absolute Gasteiger partial charge is 0.493 e. The summed E-state index contributed by atoms with van der Waals surface area (Å²) < 4.78 is 16.3. The van der Waals surface area contributed by atoms with Crippen LogP contribution in [0, 0.1) is 0 Å². The molecule has 2 N–H and O–H groups in total. The van der Waals surface area contributed by atoms with E-state index in [4.69, 9.17) is 14.2 Å². The minimum Gasteiger partial charge on any atom is -0.493 e. The minimum atomic E-state index is 0. The summed E-state index contributed by atoms with van der Waals surface area (Å²) in [6.07, 6.45) is 1.02. The third-order valence-corrected chi connectivity index (χ3v) is 4.04. The predicted molar refractivity (Wildman–Crippen MR) is 125 cm³/mol. The number of aliphatic imine (C=N–C) groups is 1. The highest BCUT2D eigenvalue weighted by Crippen LogP contribution is 2.29. The Kier molecular flexibility index (Phi) is 11.4. The third-order valence-electron chi connectivity index (χ3n) is 4.04. The first-order chi connectivity index (χ1) is 13.2. The maximum absolute atomic E-state index is 5.69. The molecule has 0 aromatic heterocycles. The first-order valence-electron chi connectivity index (χ1n) is 9.06. The van der Waals surface area contributed by atoms with Gasteiger partial charge in [-0.3, -0.25) is 4.99 Å². The van der Waals surface area contributed by atoms with Crippen LogP contribution in [0.2, 0.25) is 0 Å². The van der Waals surface area contributed by atoms with E-state index in [0.717, 1.165) is 18.7 Å². The first-order valence-corrected chi connectivity index (χ1v) is 9.06. The van der Waals surface area contributed by atoms with Crippen molar-refractivity contribution < 1.29 is 14.2 Å². The van der Waals surface area contributed by atoms with Gasteiger partial charge in [0, 0.05) is 32.0 Å². The van der Waals surface area contributed by atoms with Crippen molar-refractivity contribution >= 4 is 35.6 Å². The smallest absolute Gasteiger partial charge is 0.195 e. The van der Waals surface area contributed by atoms with Gasteiger partial charge in [-0.15, -0.1) is 24.0 Å². The Morgan fingerprint density at radius 2 is 1.71 bits per heavy atom. The van der Waals surface area contributed by atoms with E-state index < -0.39 is 0 Å². The minimum absolute atomic E-state index is 0. The van der Waals surface area contributed by atoms with Crippen LogP contribution < -0.4 is 20.1 Å². The molecule has 0 saturated carbocycles. The Balaban J connectivity index is 0.00000392. The van der Waals surface area contributed by atoms with E-state index in [-0.39, 0.29) is 24.0 Å². The molecule has 0 bridgehead atoms. The van der Waals surface area contributed by atoms with Crippen molar-refractivity contribution in [3.05, 3.63) is 53.6 Å². The van der Waals surface area contributed by atoms with E-state index in [1.165, 1.54) is 11.1 Å². The Morgan fingerprint density at radius 3 is 2.36 bits per heavy atom. The van der Waals surface area contributed by atoms with Gasteiger partial charge in [0.05, 0.1) is 20.8 Å². The molecule has 0 aliphatic heterocycles. The van der Waals surface area contributed by atoms with Gasteiger partial charge in [-0.2, -0.15) is 0 Å². The topological polar surface area (TPSA) is 64.1 Å². The fraction of sp³-hybridized carbons (Fsp3) is 0.381. The van der Waals surface area contributed by atoms with Crippen molar-refractivity contribution in [1.29, 1.82) is 0 Å². The lowest BCUT2D eigenvalue weighted by atomic mass is 10.1. The van der Waals surface area contributed by atoms with Crippen molar-refractivity contribution in [2.75, 3.05) is 33.2 Å². The molecule has 28 heavy (non-hydrogen) atoms. The lowest BCUT2D eigenvalue weighted by Crippen LogP contribution is -2.30. The third kappa shape index (κ3) is 7.20. The predicted octanol–water partition coefficient (Wildman–Crippen LogP) is 4.44. The summed E-state index contributed by atoms with van der Waals surface area (Å²) in [6, 6.07) is 13.9. The highest BCUT2D eigenvalue weighted by Gasteiger charge is 2.07. The van der Waals surface area contributed by atoms with Crippen LogP contribution in [0.3, 0.4) is 0 Å². The number of benzene rings is 2. The molecule has 0 aliphatic rings. The lowest BCUT2D eigenvalue weighted by Gasteiger charge is -2.15. The second-order valence-electron chi connectivity index (χ2n) is 5.94. The molecule has 0 aliphatic carbocycles. The number of guanidine groups is 1. The number of rotatable bonds is 9. The van der Waals surface area contributed by atoms with Crippen LogP contribution in [0.15, 0.2) is 47.5 Å². The molecular formula is C21H30IN3O3. The second-order valence-corrected chi connectivity index (χ2v) is 5.94. The van der Waals surface area contributed by atoms with Crippen molar-refractivity contribution in [2.45, 2.75) is 26.5 Å². The van der Waals surface area contributed by atoms with Gasteiger partial charge >= 0.3 is 0 Å². The highest BCUT2D eigenvalue weighted by molar-refractivity contribution is 14.0. The number of nitrogens with one attached hydrogen (secondary N) is 2. The molecular weight excluding hydrogens is 469 g/mol. The molecule has 0 unspecified atom stereocenters. The average molecular weight is 499 g/mol. The van der Waals surface area contributed by atoms with Crippen LogP contribution in [0.5, 0.6) is 11.5 Å². The lowest BCUT2D eigenvalue weighted by molar-refractivity contribution is 0.121. The molecule has 7 heteroatoms. The second kappa shape index (κ2) is 13.2. The van der Waals surface area contributed by atoms with Gasteiger partial charge in [-0.05, 0) is 29.7 Å². The summed E-state index contributed by atoms with van der Waals surface area (Å²) in [5.41, 5.74) is 3.23. The molecule has 2 aromatic carbocycles. The first kappa shape index (κ1) is 24.0. The molecule has 0 fully saturated rings.